The first-order valence-electron chi connectivity index (χ1n) is 7.01. The quantitative estimate of drug-likeness (QED) is 0.831. The Morgan fingerprint density at radius 3 is 2.39 bits per heavy atom. The van der Waals surface area contributed by atoms with E-state index in [-0.39, 0.29) is 5.91 Å². The average Bonchev–Trinajstić information content (AvgIpc) is 2.60. The number of methoxy groups -OCH3 is 3. The topological polar surface area (TPSA) is 56.8 Å². The fraction of sp³-hybridized carbons (Fsp3) is 0.167. The van der Waals surface area contributed by atoms with E-state index in [0.29, 0.717) is 17.2 Å². The predicted molar refractivity (Wildman–Crippen MR) is 90.2 cm³/mol. The van der Waals surface area contributed by atoms with Crippen molar-refractivity contribution in [1.82, 2.24) is 0 Å². The van der Waals surface area contributed by atoms with Crippen LogP contribution in [0.3, 0.4) is 0 Å². The van der Waals surface area contributed by atoms with Gasteiger partial charge in [0, 0.05) is 12.1 Å². The summed E-state index contributed by atoms with van der Waals surface area (Å²) in [7, 11) is 4.71. The summed E-state index contributed by atoms with van der Waals surface area (Å²) in [5.74, 6) is 1.68. The first-order valence-corrected chi connectivity index (χ1v) is 7.01. The molecule has 2 aromatic rings. The van der Waals surface area contributed by atoms with Gasteiger partial charge in [-0.25, -0.2) is 0 Å². The van der Waals surface area contributed by atoms with Crippen LogP contribution >= 0.6 is 0 Å². The summed E-state index contributed by atoms with van der Waals surface area (Å²) in [5.41, 5.74) is 1.45. The highest BCUT2D eigenvalue weighted by Crippen LogP contribution is 2.29. The van der Waals surface area contributed by atoms with Crippen LogP contribution in [0.1, 0.15) is 5.56 Å². The molecular weight excluding hydrogens is 294 g/mol. The van der Waals surface area contributed by atoms with Crippen LogP contribution in [0, 0.1) is 0 Å². The molecule has 0 fully saturated rings. The van der Waals surface area contributed by atoms with E-state index in [0.717, 1.165) is 11.3 Å². The molecule has 0 saturated heterocycles. The van der Waals surface area contributed by atoms with Crippen LogP contribution in [0.4, 0.5) is 5.69 Å². The number of carbonyl (C=O) groups is 1. The van der Waals surface area contributed by atoms with E-state index in [1.165, 1.54) is 13.2 Å². The first kappa shape index (κ1) is 16.4. The number of nitrogens with one attached hydrogen (secondary N) is 1. The summed E-state index contributed by atoms with van der Waals surface area (Å²) in [5, 5.41) is 2.77. The van der Waals surface area contributed by atoms with Gasteiger partial charge in [-0.2, -0.15) is 0 Å². The maximum Gasteiger partial charge on any atom is 0.248 e. The molecule has 0 spiro atoms. The van der Waals surface area contributed by atoms with Crippen molar-refractivity contribution >= 4 is 17.7 Å². The van der Waals surface area contributed by atoms with Crippen molar-refractivity contribution in [3.05, 3.63) is 54.1 Å². The fourth-order valence-electron chi connectivity index (χ4n) is 1.99. The van der Waals surface area contributed by atoms with Crippen molar-refractivity contribution < 1.29 is 19.0 Å². The number of amides is 1. The average molecular weight is 313 g/mol. The number of hydrogen-bond acceptors (Lipinski definition) is 4. The van der Waals surface area contributed by atoms with Crippen LogP contribution in [0.5, 0.6) is 17.2 Å². The van der Waals surface area contributed by atoms with Gasteiger partial charge in [-0.1, -0.05) is 12.1 Å². The van der Waals surface area contributed by atoms with E-state index >= 15 is 0 Å². The van der Waals surface area contributed by atoms with Gasteiger partial charge >= 0.3 is 0 Å². The molecule has 0 unspecified atom stereocenters. The molecule has 120 valence electrons. The first-order chi connectivity index (χ1) is 11.2. The summed E-state index contributed by atoms with van der Waals surface area (Å²) in [6.07, 6.45) is 3.17. The number of hydrogen-bond donors (Lipinski definition) is 1. The second-order valence-corrected chi connectivity index (χ2v) is 4.67. The van der Waals surface area contributed by atoms with Gasteiger partial charge in [0.25, 0.3) is 0 Å². The van der Waals surface area contributed by atoms with Gasteiger partial charge < -0.3 is 19.5 Å². The van der Waals surface area contributed by atoms with Gasteiger partial charge in [0.1, 0.15) is 17.2 Å². The van der Waals surface area contributed by atoms with Crippen LogP contribution in [0.2, 0.25) is 0 Å². The van der Waals surface area contributed by atoms with Crippen molar-refractivity contribution in [2.45, 2.75) is 0 Å². The largest absolute Gasteiger partial charge is 0.497 e. The molecule has 0 aliphatic heterocycles. The zero-order chi connectivity index (χ0) is 16.7. The fourth-order valence-corrected chi connectivity index (χ4v) is 1.99. The normalized spacial score (nSPS) is 10.4. The van der Waals surface area contributed by atoms with Crippen LogP contribution in [-0.2, 0) is 4.79 Å². The summed E-state index contributed by atoms with van der Waals surface area (Å²) in [6, 6.07) is 12.6. The molecule has 0 atom stereocenters. The van der Waals surface area contributed by atoms with Crippen molar-refractivity contribution in [3.63, 3.8) is 0 Å². The van der Waals surface area contributed by atoms with Crippen molar-refractivity contribution in [1.29, 1.82) is 0 Å². The lowest BCUT2D eigenvalue weighted by Gasteiger charge is -2.10. The Bertz CT molecular complexity index is 710. The van der Waals surface area contributed by atoms with E-state index in [4.69, 9.17) is 14.2 Å². The molecular formula is C18H19NO4. The predicted octanol–water partition coefficient (Wildman–Crippen LogP) is 3.36. The summed E-state index contributed by atoms with van der Waals surface area (Å²) in [6.45, 7) is 0. The lowest BCUT2D eigenvalue weighted by Crippen LogP contribution is -2.09. The molecule has 23 heavy (non-hydrogen) atoms. The van der Waals surface area contributed by atoms with E-state index in [9.17, 15) is 4.79 Å². The summed E-state index contributed by atoms with van der Waals surface area (Å²) in [4.78, 5) is 12.0. The molecule has 5 heteroatoms. The highest BCUT2D eigenvalue weighted by atomic mass is 16.5. The maximum atomic E-state index is 12.0. The minimum absolute atomic E-state index is 0.253. The second kappa shape index (κ2) is 7.89. The van der Waals surface area contributed by atoms with E-state index in [1.807, 2.05) is 24.3 Å². The molecule has 0 heterocycles. The number of ether oxygens (including phenoxy) is 3. The molecule has 0 aliphatic rings. The summed E-state index contributed by atoms with van der Waals surface area (Å²) < 4.78 is 15.5. The third-order valence-corrected chi connectivity index (χ3v) is 3.19. The van der Waals surface area contributed by atoms with E-state index in [1.54, 1.807) is 38.5 Å². The molecule has 2 aromatic carbocycles. The third-order valence-electron chi connectivity index (χ3n) is 3.19. The highest BCUT2D eigenvalue weighted by Gasteiger charge is 2.07. The van der Waals surface area contributed by atoms with E-state index < -0.39 is 0 Å². The number of rotatable bonds is 6. The van der Waals surface area contributed by atoms with Gasteiger partial charge in [0.15, 0.2) is 0 Å². The number of carbonyl (C=O) groups excluding carboxylic acids is 1. The Hall–Kier alpha value is -2.95. The van der Waals surface area contributed by atoms with Gasteiger partial charge in [0.2, 0.25) is 5.91 Å². The maximum absolute atomic E-state index is 12.0. The molecule has 0 saturated carbocycles. The lowest BCUT2D eigenvalue weighted by atomic mass is 10.2. The minimum Gasteiger partial charge on any atom is -0.497 e. The van der Waals surface area contributed by atoms with Crippen molar-refractivity contribution in [2.24, 2.45) is 0 Å². The van der Waals surface area contributed by atoms with Gasteiger partial charge in [0.05, 0.1) is 27.0 Å². The second-order valence-electron chi connectivity index (χ2n) is 4.67. The Morgan fingerprint density at radius 1 is 0.957 bits per heavy atom. The molecule has 1 N–H and O–H groups in total. The standard InChI is InChI=1S/C18H19NO4/c1-21-14-6-4-5-13(11-14)7-10-18(20)19-16-9-8-15(22-2)12-17(16)23-3/h4-12H,1-3H3,(H,19,20). The van der Waals surface area contributed by atoms with Crippen LogP contribution in [-0.4, -0.2) is 27.2 Å². The zero-order valence-corrected chi connectivity index (χ0v) is 13.3. The molecule has 0 radical (unpaired) electrons. The molecule has 1 amide bonds. The molecule has 0 aromatic heterocycles. The number of benzene rings is 2. The summed E-state index contributed by atoms with van der Waals surface area (Å²) >= 11 is 0. The van der Waals surface area contributed by atoms with Gasteiger partial charge in [-0.05, 0) is 35.9 Å². The molecule has 0 bridgehead atoms. The number of anilines is 1. The molecule has 0 aliphatic carbocycles. The van der Waals surface area contributed by atoms with Gasteiger partial charge in [-0.15, -0.1) is 0 Å². The molecule has 5 nitrogen and oxygen atoms in total. The zero-order valence-electron chi connectivity index (χ0n) is 13.3. The Balaban J connectivity index is 2.08. The Labute approximate surface area is 135 Å². The Morgan fingerprint density at radius 2 is 1.70 bits per heavy atom. The van der Waals surface area contributed by atoms with Crippen molar-refractivity contribution in [3.8, 4) is 17.2 Å². The minimum atomic E-state index is -0.253. The Kier molecular flexibility index (Phi) is 5.63. The smallest absolute Gasteiger partial charge is 0.248 e. The van der Waals surface area contributed by atoms with E-state index in [2.05, 4.69) is 5.32 Å². The highest BCUT2D eigenvalue weighted by molar-refractivity contribution is 6.02. The van der Waals surface area contributed by atoms with Crippen LogP contribution in [0.15, 0.2) is 48.5 Å². The van der Waals surface area contributed by atoms with Gasteiger partial charge in [-0.3, -0.25) is 4.79 Å². The van der Waals surface area contributed by atoms with Crippen LogP contribution in [0.25, 0.3) is 6.08 Å². The molecule has 2 rings (SSSR count). The SMILES string of the molecule is COc1cccc(C=CC(=O)Nc2ccc(OC)cc2OC)c1. The van der Waals surface area contributed by atoms with Crippen molar-refractivity contribution in [2.75, 3.05) is 26.6 Å². The monoisotopic (exact) mass is 313 g/mol. The third kappa shape index (κ3) is 4.51. The van der Waals surface area contributed by atoms with Crippen LogP contribution < -0.4 is 19.5 Å². The lowest BCUT2D eigenvalue weighted by molar-refractivity contribution is -0.111.